The number of carbonyl (C=O) groups is 1. The highest BCUT2D eigenvalue weighted by Gasteiger charge is 2.13. The van der Waals surface area contributed by atoms with Gasteiger partial charge in [-0.3, -0.25) is 9.78 Å². The number of hydrazine groups is 1. The van der Waals surface area contributed by atoms with Gasteiger partial charge in [0.1, 0.15) is 5.82 Å². The monoisotopic (exact) mass is 238 g/mol. The summed E-state index contributed by atoms with van der Waals surface area (Å²) in [6.45, 7) is 5.90. The topological polar surface area (TPSA) is 105 Å². The second-order valence-electron chi connectivity index (χ2n) is 4.59. The number of hydrogen-bond donors (Lipinski definition) is 4. The molecule has 0 aromatic carbocycles. The van der Waals surface area contributed by atoms with Crippen LogP contribution in [0.5, 0.6) is 0 Å². The Morgan fingerprint density at radius 2 is 2.00 bits per heavy atom. The molecular formula is C10H18N6O. The van der Waals surface area contributed by atoms with Gasteiger partial charge in [0.2, 0.25) is 5.91 Å². The first kappa shape index (κ1) is 13.2. The fraction of sp³-hybridized carbons (Fsp3) is 0.500. The van der Waals surface area contributed by atoms with Gasteiger partial charge < -0.3 is 16.1 Å². The van der Waals surface area contributed by atoms with Crippen LogP contribution in [0.2, 0.25) is 0 Å². The van der Waals surface area contributed by atoms with Crippen molar-refractivity contribution in [1.29, 1.82) is 0 Å². The van der Waals surface area contributed by atoms with E-state index < -0.39 is 0 Å². The molecule has 0 saturated carbocycles. The van der Waals surface area contributed by atoms with Crippen LogP contribution in [0.4, 0.5) is 11.6 Å². The predicted molar refractivity (Wildman–Crippen MR) is 66.2 cm³/mol. The van der Waals surface area contributed by atoms with Crippen LogP contribution in [-0.4, -0.2) is 28.0 Å². The maximum atomic E-state index is 11.5. The molecule has 0 spiro atoms. The minimum absolute atomic E-state index is 0.106. The van der Waals surface area contributed by atoms with Gasteiger partial charge in [-0.2, -0.15) is 0 Å². The molecule has 17 heavy (non-hydrogen) atoms. The Labute approximate surface area is 100 Å². The van der Waals surface area contributed by atoms with E-state index >= 15 is 0 Å². The van der Waals surface area contributed by atoms with Gasteiger partial charge in [0.15, 0.2) is 5.82 Å². The Morgan fingerprint density at radius 1 is 1.35 bits per heavy atom. The summed E-state index contributed by atoms with van der Waals surface area (Å²) < 4.78 is 0. The summed E-state index contributed by atoms with van der Waals surface area (Å²) in [5.41, 5.74) is 2.13. The predicted octanol–water partition coefficient (Wildman–Crippen LogP) is 0.0888. The van der Waals surface area contributed by atoms with Crippen LogP contribution in [0.1, 0.15) is 20.8 Å². The van der Waals surface area contributed by atoms with Crippen LogP contribution in [0.15, 0.2) is 12.4 Å². The van der Waals surface area contributed by atoms with Crippen molar-refractivity contribution in [1.82, 2.24) is 15.3 Å². The molecule has 0 fully saturated rings. The number of nitrogens with one attached hydrogen (secondary N) is 3. The molecule has 1 heterocycles. The van der Waals surface area contributed by atoms with Gasteiger partial charge in [-0.15, -0.1) is 0 Å². The first-order chi connectivity index (χ1) is 7.90. The minimum Gasteiger partial charge on any atom is -0.360 e. The van der Waals surface area contributed by atoms with Gasteiger partial charge in [-0.25, -0.2) is 10.8 Å². The fourth-order valence-corrected chi connectivity index (χ4v) is 1.15. The normalized spacial score (nSPS) is 10.8. The third-order valence-corrected chi connectivity index (χ3v) is 1.73. The molecule has 1 aromatic rings. The van der Waals surface area contributed by atoms with Crippen molar-refractivity contribution in [3.05, 3.63) is 12.4 Å². The van der Waals surface area contributed by atoms with Crippen molar-refractivity contribution in [3.8, 4) is 0 Å². The molecule has 1 amide bonds. The number of carbonyl (C=O) groups excluding carboxylic acids is 1. The van der Waals surface area contributed by atoms with Crippen molar-refractivity contribution < 1.29 is 4.79 Å². The lowest BCUT2D eigenvalue weighted by Gasteiger charge is -2.20. The lowest BCUT2D eigenvalue weighted by Crippen LogP contribution is -2.43. The van der Waals surface area contributed by atoms with E-state index in [0.29, 0.717) is 11.6 Å². The summed E-state index contributed by atoms with van der Waals surface area (Å²) in [6, 6.07) is 0. The number of nitrogens with zero attached hydrogens (tertiary/aromatic N) is 2. The molecule has 94 valence electrons. The van der Waals surface area contributed by atoms with Crippen molar-refractivity contribution in [2.75, 3.05) is 17.3 Å². The molecule has 0 bridgehead atoms. The van der Waals surface area contributed by atoms with Crippen LogP contribution in [0.25, 0.3) is 0 Å². The lowest BCUT2D eigenvalue weighted by atomic mass is 10.1. The first-order valence-corrected chi connectivity index (χ1v) is 5.24. The van der Waals surface area contributed by atoms with Gasteiger partial charge in [-0.1, -0.05) is 0 Å². The largest absolute Gasteiger partial charge is 0.360 e. The molecular weight excluding hydrogens is 220 g/mol. The van der Waals surface area contributed by atoms with E-state index in [1.807, 2.05) is 20.8 Å². The lowest BCUT2D eigenvalue weighted by molar-refractivity contribution is -0.120. The maximum Gasteiger partial charge on any atom is 0.239 e. The van der Waals surface area contributed by atoms with E-state index in [4.69, 9.17) is 5.84 Å². The van der Waals surface area contributed by atoms with Crippen molar-refractivity contribution in [3.63, 3.8) is 0 Å². The number of anilines is 2. The highest BCUT2D eigenvalue weighted by molar-refractivity contribution is 5.81. The molecule has 0 atom stereocenters. The highest BCUT2D eigenvalue weighted by Crippen LogP contribution is 2.04. The molecule has 0 radical (unpaired) electrons. The molecule has 0 saturated heterocycles. The average molecular weight is 238 g/mol. The Balaban J connectivity index is 2.47. The van der Waals surface area contributed by atoms with E-state index in [0.717, 1.165) is 0 Å². The molecule has 0 unspecified atom stereocenters. The quantitative estimate of drug-likeness (QED) is 0.437. The Morgan fingerprint density at radius 3 is 2.59 bits per heavy atom. The van der Waals surface area contributed by atoms with Gasteiger partial charge in [0.05, 0.1) is 18.9 Å². The summed E-state index contributed by atoms with van der Waals surface area (Å²) in [4.78, 5) is 19.5. The summed E-state index contributed by atoms with van der Waals surface area (Å²) in [7, 11) is 0. The number of aromatic nitrogens is 2. The Bertz CT molecular complexity index is 387. The number of nitrogen functional groups attached to an aromatic ring is 1. The Kier molecular flexibility index (Phi) is 4.22. The van der Waals surface area contributed by atoms with Gasteiger partial charge in [0, 0.05) is 5.54 Å². The number of hydrogen-bond acceptors (Lipinski definition) is 6. The van der Waals surface area contributed by atoms with Crippen LogP contribution < -0.4 is 21.9 Å². The van der Waals surface area contributed by atoms with E-state index in [-0.39, 0.29) is 18.0 Å². The molecule has 7 heteroatoms. The van der Waals surface area contributed by atoms with Crippen molar-refractivity contribution in [2.24, 2.45) is 5.84 Å². The maximum absolute atomic E-state index is 11.5. The number of amides is 1. The molecule has 7 nitrogen and oxygen atoms in total. The highest BCUT2D eigenvalue weighted by atomic mass is 16.2. The fourth-order valence-electron chi connectivity index (χ4n) is 1.15. The van der Waals surface area contributed by atoms with Crippen molar-refractivity contribution >= 4 is 17.5 Å². The van der Waals surface area contributed by atoms with Gasteiger partial charge >= 0.3 is 0 Å². The zero-order valence-corrected chi connectivity index (χ0v) is 10.2. The van der Waals surface area contributed by atoms with Crippen LogP contribution in [-0.2, 0) is 4.79 Å². The van der Waals surface area contributed by atoms with Crippen LogP contribution in [0, 0.1) is 0 Å². The minimum atomic E-state index is -0.245. The molecule has 0 aliphatic rings. The second kappa shape index (κ2) is 5.44. The van der Waals surface area contributed by atoms with E-state index in [2.05, 4.69) is 26.0 Å². The van der Waals surface area contributed by atoms with Crippen molar-refractivity contribution in [2.45, 2.75) is 26.3 Å². The SMILES string of the molecule is CC(C)(C)NC(=O)CNc1cncc(NN)n1. The zero-order valence-electron chi connectivity index (χ0n) is 10.2. The third-order valence-electron chi connectivity index (χ3n) is 1.73. The summed E-state index contributed by atoms with van der Waals surface area (Å²) >= 11 is 0. The van der Waals surface area contributed by atoms with Gasteiger partial charge in [-0.05, 0) is 20.8 Å². The third kappa shape index (κ3) is 5.12. The van der Waals surface area contributed by atoms with E-state index in [1.54, 1.807) is 0 Å². The second-order valence-corrected chi connectivity index (χ2v) is 4.59. The number of nitrogens with two attached hydrogens (primary N) is 1. The smallest absolute Gasteiger partial charge is 0.239 e. The standard InChI is InChI=1S/C10H18N6O/c1-10(2,3)15-9(17)6-13-7-4-12-5-8(14-7)16-11/h4-5H,6,11H2,1-3H3,(H,15,17)(H2,13,14,16). The summed E-state index contributed by atoms with van der Waals surface area (Å²) in [6.07, 6.45) is 3.01. The van der Waals surface area contributed by atoms with E-state index in [9.17, 15) is 4.79 Å². The van der Waals surface area contributed by atoms with Crippen LogP contribution in [0.3, 0.4) is 0 Å². The summed E-state index contributed by atoms with van der Waals surface area (Å²) in [5, 5.41) is 5.69. The van der Waals surface area contributed by atoms with E-state index in [1.165, 1.54) is 12.4 Å². The molecule has 0 aliphatic carbocycles. The molecule has 5 N–H and O–H groups in total. The Hall–Kier alpha value is -1.89. The number of rotatable bonds is 4. The summed E-state index contributed by atoms with van der Waals surface area (Å²) in [5.74, 6) is 6.02. The molecule has 0 aliphatic heterocycles. The van der Waals surface area contributed by atoms with Gasteiger partial charge in [0.25, 0.3) is 0 Å². The first-order valence-electron chi connectivity index (χ1n) is 5.24. The average Bonchev–Trinajstić information content (AvgIpc) is 2.24. The zero-order chi connectivity index (χ0) is 12.9. The molecule has 1 rings (SSSR count). The molecule has 1 aromatic heterocycles. The van der Waals surface area contributed by atoms with Crippen LogP contribution >= 0.6 is 0 Å².